The van der Waals surface area contributed by atoms with E-state index in [9.17, 15) is 0 Å². The van der Waals surface area contributed by atoms with Gasteiger partial charge in [0.1, 0.15) is 18.8 Å². The number of anilines is 1. The maximum atomic E-state index is 5.81. The summed E-state index contributed by atoms with van der Waals surface area (Å²) >= 11 is 0. The SMILES string of the molecule is CCNc1ncnc(OCc2ccccc2)c1CC. The van der Waals surface area contributed by atoms with Crippen LogP contribution in [0.15, 0.2) is 36.7 Å². The zero-order valence-corrected chi connectivity index (χ0v) is 11.4. The number of hydrogen-bond donors (Lipinski definition) is 1. The van der Waals surface area contributed by atoms with E-state index in [0.717, 1.165) is 29.9 Å². The van der Waals surface area contributed by atoms with E-state index >= 15 is 0 Å². The van der Waals surface area contributed by atoms with E-state index in [1.807, 2.05) is 37.3 Å². The first-order chi connectivity index (χ1) is 9.35. The molecule has 1 N–H and O–H groups in total. The average molecular weight is 257 g/mol. The number of aromatic nitrogens is 2. The Kier molecular flexibility index (Phi) is 4.72. The van der Waals surface area contributed by atoms with Gasteiger partial charge in [-0.15, -0.1) is 0 Å². The van der Waals surface area contributed by atoms with E-state index in [-0.39, 0.29) is 0 Å². The first-order valence-corrected chi connectivity index (χ1v) is 6.59. The molecule has 0 unspecified atom stereocenters. The largest absolute Gasteiger partial charge is 0.472 e. The van der Waals surface area contributed by atoms with E-state index in [4.69, 9.17) is 4.74 Å². The molecule has 0 aliphatic heterocycles. The summed E-state index contributed by atoms with van der Waals surface area (Å²) in [5, 5.41) is 3.23. The van der Waals surface area contributed by atoms with Crippen molar-refractivity contribution in [3.8, 4) is 5.88 Å². The van der Waals surface area contributed by atoms with E-state index in [1.54, 1.807) is 0 Å². The van der Waals surface area contributed by atoms with Crippen LogP contribution in [0.4, 0.5) is 5.82 Å². The minimum Gasteiger partial charge on any atom is -0.472 e. The van der Waals surface area contributed by atoms with Crippen LogP contribution >= 0.6 is 0 Å². The van der Waals surface area contributed by atoms with Crippen LogP contribution in [0.1, 0.15) is 25.0 Å². The first kappa shape index (κ1) is 13.3. The van der Waals surface area contributed by atoms with Crippen LogP contribution in [0, 0.1) is 0 Å². The van der Waals surface area contributed by atoms with Crippen molar-refractivity contribution in [3.63, 3.8) is 0 Å². The lowest BCUT2D eigenvalue weighted by Gasteiger charge is -2.13. The van der Waals surface area contributed by atoms with Crippen LogP contribution in [0.25, 0.3) is 0 Å². The minimum atomic E-state index is 0.524. The third kappa shape index (κ3) is 3.44. The van der Waals surface area contributed by atoms with Gasteiger partial charge < -0.3 is 10.1 Å². The summed E-state index contributed by atoms with van der Waals surface area (Å²) in [6.07, 6.45) is 2.38. The molecule has 0 spiro atoms. The molecule has 19 heavy (non-hydrogen) atoms. The van der Waals surface area contributed by atoms with Crippen molar-refractivity contribution >= 4 is 5.82 Å². The molecule has 100 valence electrons. The molecule has 0 aliphatic carbocycles. The third-order valence-corrected chi connectivity index (χ3v) is 2.82. The lowest BCUT2D eigenvalue weighted by atomic mass is 10.2. The number of rotatable bonds is 6. The lowest BCUT2D eigenvalue weighted by Crippen LogP contribution is -2.07. The zero-order valence-electron chi connectivity index (χ0n) is 11.4. The quantitative estimate of drug-likeness (QED) is 0.864. The summed E-state index contributed by atoms with van der Waals surface area (Å²) in [5.74, 6) is 1.53. The topological polar surface area (TPSA) is 47.0 Å². The maximum Gasteiger partial charge on any atom is 0.222 e. The van der Waals surface area contributed by atoms with Crippen LogP contribution < -0.4 is 10.1 Å². The Morgan fingerprint density at radius 3 is 2.58 bits per heavy atom. The van der Waals surface area contributed by atoms with Gasteiger partial charge in [0.2, 0.25) is 5.88 Å². The number of benzene rings is 1. The fourth-order valence-electron chi connectivity index (χ4n) is 1.88. The highest BCUT2D eigenvalue weighted by Crippen LogP contribution is 2.23. The minimum absolute atomic E-state index is 0.524. The molecular weight excluding hydrogens is 238 g/mol. The van der Waals surface area contributed by atoms with Gasteiger partial charge >= 0.3 is 0 Å². The number of hydrogen-bond acceptors (Lipinski definition) is 4. The lowest BCUT2D eigenvalue weighted by molar-refractivity contribution is 0.290. The average Bonchev–Trinajstić information content (AvgIpc) is 2.46. The molecule has 2 rings (SSSR count). The Morgan fingerprint density at radius 2 is 1.89 bits per heavy atom. The molecule has 0 amide bonds. The van der Waals surface area contributed by atoms with Crippen LogP contribution in [-0.2, 0) is 13.0 Å². The van der Waals surface area contributed by atoms with Crippen molar-refractivity contribution in [3.05, 3.63) is 47.8 Å². The van der Waals surface area contributed by atoms with Gasteiger partial charge in [0.05, 0.1) is 5.56 Å². The van der Waals surface area contributed by atoms with Gasteiger partial charge in [0.25, 0.3) is 0 Å². The molecule has 1 aromatic carbocycles. The van der Waals surface area contributed by atoms with E-state index in [1.165, 1.54) is 6.33 Å². The van der Waals surface area contributed by atoms with Crippen molar-refractivity contribution in [1.29, 1.82) is 0 Å². The molecule has 0 atom stereocenters. The predicted molar refractivity (Wildman–Crippen MR) is 76.3 cm³/mol. The molecule has 1 heterocycles. The molecule has 2 aromatic rings. The second-order valence-electron chi connectivity index (χ2n) is 4.16. The summed E-state index contributed by atoms with van der Waals surface area (Å²) in [5.41, 5.74) is 2.16. The fraction of sp³-hybridized carbons (Fsp3) is 0.333. The first-order valence-electron chi connectivity index (χ1n) is 6.59. The highest BCUT2D eigenvalue weighted by atomic mass is 16.5. The zero-order chi connectivity index (χ0) is 13.5. The smallest absolute Gasteiger partial charge is 0.222 e. The van der Waals surface area contributed by atoms with E-state index in [0.29, 0.717) is 12.5 Å². The van der Waals surface area contributed by atoms with Crippen LogP contribution in [0.2, 0.25) is 0 Å². The molecule has 0 saturated carbocycles. The van der Waals surface area contributed by atoms with Crippen LogP contribution in [-0.4, -0.2) is 16.5 Å². The van der Waals surface area contributed by atoms with Crippen molar-refractivity contribution < 1.29 is 4.74 Å². The van der Waals surface area contributed by atoms with E-state index in [2.05, 4.69) is 22.2 Å². The summed E-state index contributed by atoms with van der Waals surface area (Å²) in [4.78, 5) is 8.49. The van der Waals surface area contributed by atoms with E-state index < -0.39 is 0 Å². The van der Waals surface area contributed by atoms with Crippen molar-refractivity contribution in [2.45, 2.75) is 26.9 Å². The molecule has 1 aromatic heterocycles. The number of nitrogens with one attached hydrogen (secondary N) is 1. The summed E-state index contributed by atoms with van der Waals surface area (Å²) in [6.45, 7) is 5.49. The van der Waals surface area contributed by atoms with Gasteiger partial charge in [-0.3, -0.25) is 0 Å². The second kappa shape index (κ2) is 6.73. The highest BCUT2D eigenvalue weighted by molar-refractivity contribution is 5.48. The predicted octanol–water partition coefficient (Wildman–Crippen LogP) is 3.05. The van der Waals surface area contributed by atoms with Gasteiger partial charge in [-0.05, 0) is 18.9 Å². The monoisotopic (exact) mass is 257 g/mol. The molecule has 4 nitrogen and oxygen atoms in total. The molecular formula is C15H19N3O. The molecule has 4 heteroatoms. The Morgan fingerprint density at radius 1 is 1.11 bits per heavy atom. The van der Waals surface area contributed by atoms with Crippen molar-refractivity contribution in [2.24, 2.45) is 0 Å². The van der Waals surface area contributed by atoms with Crippen LogP contribution in [0.5, 0.6) is 5.88 Å². The van der Waals surface area contributed by atoms with Gasteiger partial charge in [-0.2, -0.15) is 0 Å². The maximum absolute atomic E-state index is 5.81. The molecule has 0 aliphatic rings. The van der Waals surface area contributed by atoms with Gasteiger partial charge in [-0.25, -0.2) is 9.97 Å². The number of ether oxygens (including phenoxy) is 1. The fourth-order valence-corrected chi connectivity index (χ4v) is 1.88. The molecule has 0 saturated heterocycles. The summed E-state index contributed by atoms with van der Waals surface area (Å²) in [7, 11) is 0. The molecule has 0 bridgehead atoms. The Bertz CT molecular complexity index is 514. The molecule has 0 radical (unpaired) electrons. The standard InChI is InChI=1S/C15H19N3O/c1-3-13-14(16-4-2)17-11-18-15(13)19-10-12-8-6-5-7-9-12/h5-9,11H,3-4,10H2,1-2H3,(H,16,17,18). The van der Waals surface area contributed by atoms with Gasteiger partial charge in [0, 0.05) is 6.54 Å². The normalized spacial score (nSPS) is 10.2. The Balaban J connectivity index is 2.13. The highest BCUT2D eigenvalue weighted by Gasteiger charge is 2.10. The third-order valence-electron chi connectivity index (χ3n) is 2.82. The second-order valence-corrected chi connectivity index (χ2v) is 4.16. The Labute approximate surface area is 113 Å². The molecule has 0 fully saturated rings. The number of nitrogens with zero attached hydrogens (tertiary/aromatic N) is 2. The van der Waals surface area contributed by atoms with Crippen LogP contribution in [0.3, 0.4) is 0 Å². The summed E-state index contributed by atoms with van der Waals surface area (Å²) < 4.78 is 5.81. The van der Waals surface area contributed by atoms with Crippen molar-refractivity contribution in [2.75, 3.05) is 11.9 Å². The van der Waals surface area contributed by atoms with Gasteiger partial charge in [0.15, 0.2) is 0 Å². The van der Waals surface area contributed by atoms with Crippen molar-refractivity contribution in [1.82, 2.24) is 9.97 Å². The Hall–Kier alpha value is -2.10. The van der Waals surface area contributed by atoms with Gasteiger partial charge in [-0.1, -0.05) is 37.3 Å². The summed E-state index contributed by atoms with van der Waals surface area (Å²) in [6, 6.07) is 10.1.